The lowest BCUT2D eigenvalue weighted by atomic mass is 10.0. The number of carbonyl (C=O) groups is 1. The van der Waals surface area contributed by atoms with Crippen LogP contribution in [0.3, 0.4) is 0 Å². The minimum absolute atomic E-state index is 0.234. The van der Waals surface area contributed by atoms with Gasteiger partial charge in [-0.2, -0.15) is 0 Å². The molecule has 0 aliphatic carbocycles. The second kappa shape index (κ2) is 6.80. The first-order valence-electron chi connectivity index (χ1n) is 6.43. The first kappa shape index (κ1) is 14.2. The van der Waals surface area contributed by atoms with Gasteiger partial charge in [0.15, 0.2) is 5.78 Å². The van der Waals surface area contributed by atoms with Crippen LogP contribution in [0.2, 0.25) is 0 Å². The van der Waals surface area contributed by atoms with Gasteiger partial charge in [0, 0.05) is 10.5 Å². The van der Waals surface area contributed by atoms with Gasteiger partial charge in [0.1, 0.15) is 0 Å². The van der Waals surface area contributed by atoms with Gasteiger partial charge < -0.3 is 5.32 Å². The van der Waals surface area contributed by atoms with E-state index in [0.29, 0.717) is 12.6 Å². The zero-order valence-electron chi connectivity index (χ0n) is 10.6. The van der Waals surface area contributed by atoms with Crippen molar-refractivity contribution in [1.82, 2.24) is 10.2 Å². The Morgan fingerprint density at radius 1 is 1.56 bits per heavy atom. The molecule has 3 nitrogen and oxygen atoms in total. The Kier molecular flexibility index (Phi) is 5.36. The summed E-state index contributed by atoms with van der Waals surface area (Å²) in [5, 5.41) is 5.32. The summed E-state index contributed by atoms with van der Waals surface area (Å²) in [7, 11) is 0. The van der Waals surface area contributed by atoms with E-state index in [9.17, 15) is 4.79 Å². The van der Waals surface area contributed by atoms with Crippen molar-refractivity contribution in [3.05, 3.63) is 20.8 Å². The molecular weight excluding hydrogens is 312 g/mol. The van der Waals surface area contributed by atoms with Gasteiger partial charge in [-0.15, -0.1) is 11.3 Å². The van der Waals surface area contributed by atoms with Gasteiger partial charge in [0.05, 0.1) is 11.4 Å². The van der Waals surface area contributed by atoms with Crippen molar-refractivity contribution in [2.75, 3.05) is 26.2 Å². The quantitative estimate of drug-likeness (QED) is 0.842. The first-order chi connectivity index (χ1) is 8.72. The Morgan fingerprint density at radius 3 is 2.83 bits per heavy atom. The zero-order chi connectivity index (χ0) is 13.0. The molecule has 0 amide bonds. The molecule has 1 aromatic rings. The highest BCUT2D eigenvalue weighted by Crippen LogP contribution is 2.24. The third-order valence-electron chi connectivity index (χ3n) is 3.45. The fourth-order valence-corrected chi connectivity index (χ4v) is 3.95. The number of nitrogens with one attached hydrogen (secondary N) is 1. The maximum atomic E-state index is 12.3. The van der Waals surface area contributed by atoms with E-state index in [1.54, 1.807) is 0 Å². The molecule has 0 bridgehead atoms. The number of halogens is 1. The SMILES string of the molecule is CCN(CC(=O)c1sccc1Br)C1CCNCC1. The van der Waals surface area contributed by atoms with Crippen LogP contribution in [0.4, 0.5) is 0 Å². The molecule has 0 saturated carbocycles. The largest absolute Gasteiger partial charge is 0.317 e. The fraction of sp³-hybridized carbons (Fsp3) is 0.615. The van der Waals surface area contributed by atoms with Gasteiger partial charge >= 0.3 is 0 Å². The molecule has 18 heavy (non-hydrogen) atoms. The van der Waals surface area contributed by atoms with Crippen LogP contribution in [0, 0.1) is 0 Å². The number of carbonyl (C=O) groups excluding carboxylic acids is 1. The number of rotatable bonds is 5. The summed E-state index contributed by atoms with van der Waals surface area (Å²) in [5.74, 6) is 0.234. The van der Waals surface area contributed by atoms with E-state index in [-0.39, 0.29) is 5.78 Å². The molecule has 1 aromatic heterocycles. The molecule has 100 valence electrons. The number of hydrogen-bond acceptors (Lipinski definition) is 4. The van der Waals surface area contributed by atoms with Crippen LogP contribution >= 0.6 is 27.3 Å². The van der Waals surface area contributed by atoms with Crippen molar-refractivity contribution in [2.24, 2.45) is 0 Å². The average Bonchev–Trinajstić information content (AvgIpc) is 2.83. The summed E-state index contributed by atoms with van der Waals surface area (Å²) >= 11 is 4.96. The molecule has 1 saturated heterocycles. The van der Waals surface area contributed by atoms with Crippen molar-refractivity contribution >= 4 is 33.0 Å². The number of ketones is 1. The first-order valence-corrected chi connectivity index (χ1v) is 8.10. The monoisotopic (exact) mass is 330 g/mol. The minimum Gasteiger partial charge on any atom is -0.317 e. The van der Waals surface area contributed by atoms with Crippen molar-refractivity contribution in [3.63, 3.8) is 0 Å². The number of Topliss-reactive ketones (excluding diaryl/α,β-unsaturated/α-hetero) is 1. The standard InChI is InChI=1S/C13H19BrN2OS/c1-2-16(10-3-6-15-7-4-10)9-12(17)13-11(14)5-8-18-13/h5,8,10,15H,2-4,6-7,9H2,1H3. The predicted molar refractivity (Wildman–Crippen MR) is 79.5 cm³/mol. The van der Waals surface area contributed by atoms with E-state index in [2.05, 4.69) is 33.1 Å². The number of hydrogen-bond donors (Lipinski definition) is 1. The van der Waals surface area contributed by atoms with Crippen LogP contribution in [-0.2, 0) is 0 Å². The van der Waals surface area contributed by atoms with Crippen molar-refractivity contribution < 1.29 is 4.79 Å². The molecule has 2 rings (SSSR count). The molecule has 1 aliphatic heterocycles. The van der Waals surface area contributed by atoms with E-state index in [1.807, 2.05) is 11.4 Å². The fourth-order valence-electron chi connectivity index (χ4n) is 2.42. The number of piperidine rings is 1. The predicted octanol–water partition coefficient (Wildman–Crippen LogP) is 2.77. The normalized spacial score (nSPS) is 17.3. The maximum Gasteiger partial charge on any atom is 0.187 e. The van der Waals surface area contributed by atoms with Gasteiger partial charge in [-0.25, -0.2) is 0 Å². The highest BCUT2D eigenvalue weighted by atomic mass is 79.9. The van der Waals surface area contributed by atoms with Crippen LogP contribution in [0.1, 0.15) is 29.4 Å². The Hall–Kier alpha value is -0.230. The van der Waals surface area contributed by atoms with Crippen LogP contribution in [0.5, 0.6) is 0 Å². The molecule has 0 radical (unpaired) electrons. The smallest absolute Gasteiger partial charge is 0.187 e. The highest BCUT2D eigenvalue weighted by molar-refractivity contribution is 9.10. The molecular formula is C13H19BrN2OS. The number of nitrogens with zero attached hydrogens (tertiary/aromatic N) is 1. The maximum absolute atomic E-state index is 12.3. The Morgan fingerprint density at radius 2 is 2.28 bits per heavy atom. The van der Waals surface area contributed by atoms with E-state index < -0.39 is 0 Å². The summed E-state index contributed by atoms with van der Waals surface area (Å²) in [5.41, 5.74) is 0. The summed E-state index contributed by atoms with van der Waals surface area (Å²) in [6, 6.07) is 2.50. The zero-order valence-corrected chi connectivity index (χ0v) is 13.0. The van der Waals surface area contributed by atoms with Gasteiger partial charge in [-0.1, -0.05) is 6.92 Å². The van der Waals surface area contributed by atoms with Gasteiger partial charge in [0.25, 0.3) is 0 Å². The topological polar surface area (TPSA) is 32.3 Å². The number of thiophene rings is 1. The van der Waals surface area contributed by atoms with Gasteiger partial charge in [-0.05, 0) is 59.9 Å². The summed E-state index contributed by atoms with van der Waals surface area (Å²) < 4.78 is 0.930. The molecule has 5 heteroatoms. The Balaban J connectivity index is 1.97. The lowest BCUT2D eigenvalue weighted by Gasteiger charge is -2.33. The van der Waals surface area contributed by atoms with Crippen LogP contribution < -0.4 is 5.32 Å². The van der Waals surface area contributed by atoms with Crippen molar-refractivity contribution in [2.45, 2.75) is 25.8 Å². The second-order valence-electron chi connectivity index (χ2n) is 4.57. The van der Waals surface area contributed by atoms with Crippen LogP contribution in [-0.4, -0.2) is 42.9 Å². The lowest BCUT2D eigenvalue weighted by molar-refractivity contribution is 0.0877. The van der Waals surface area contributed by atoms with E-state index in [1.165, 1.54) is 11.3 Å². The highest BCUT2D eigenvalue weighted by Gasteiger charge is 2.23. The molecule has 0 aromatic carbocycles. The Labute approximate surface area is 121 Å². The van der Waals surface area contributed by atoms with E-state index in [0.717, 1.165) is 41.8 Å². The molecule has 0 unspecified atom stereocenters. The van der Waals surface area contributed by atoms with E-state index in [4.69, 9.17) is 0 Å². The molecule has 1 N–H and O–H groups in total. The Bertz CT molecular complexity index is 401. The third kappa shape index (κ3) is 3.41. The van der Waals surface area contributed by atoms with Crippen molar-refractivity contribution in [3.8, 4) is 0 Å². The molecule has 2 heterocycles. The molecule has 1 fully saturated rings. The summed E-state index contributed by atoms with van der Waals surface area (Å²) in [4.78, 5) is 15.4. The van der Waals surface area contributed by atoms with E-state index >= 15 is 0 Å². The third-order valence-corrected chi connectivity index (χ3v) is 5.33. The van der Waals surface area contributed by atoms with Crippen LogP contribution in [0.25, 0.3) is 0 Å². The van der Waals surface area contributed by atoms with Crippen LogP contribution in [0.15, 0.2) is 15.9 Å². The number of likely N-dealkylation sites (N-methyl/N-ethyl adjacent to an activating group) is 1. The average molecular weight is 331 g/mol. The summed E-state index contributed by atoms with van der Waals surface area (Å²) in [6.45, 7) is 5.76. The van der Waals surface area contributed by atoms with Gasteiger partial charge in [-0.3, -0.25) is 9.69 Å². The molecule has 0 atom stereocenters. The van der Waals surface area contributed by atoms with Crippen molar-refractivity contribution in [1.29, 1.82) is 0 Å². The molecule has 1 aliphatic rings. The molecule has 0 spiro atoms. The van der Waals surface area contributed by atoms with Gasteiger partial charge in [0.2, 0.25) is 0 Å². The second-order valence-corrected chi connectivity index (χ2v) is 6.34. The summed E-state index contributed by atoms with van der Waals surface area (Å²) in [6.07, 6.45) is 2.29. The minimum atomic E-state index is 0.234. The lowest BCUT2D eigenvalue weighted by Crippen LogP contribution is -2.45.